The van der Waals surface area contributed by atoms with Crippen LogP contribution in [0.1, 0.15) is 22.4 Å². The molecule has 0 fully saturated rings. The average molecular weight is 324 g/mol. The van der Waals surface area contributed by atoms with E-state index in [-0.39, 0.29) is 5.82 Å². The molecule has 1 aliphatic rings. The van der Waals surface area contributed by atoms with Crippen LogP contribution in [-0.2, 0) is 19.5 Å². The van der Waals surface area contributed by atoms with Gasteiger partial charge in [-0.1, -0.05) is 17.7 Å². The summed E-state index contributed by atoms with van der Waals surface area (Å²) < 4.78 is 14.5. The van der Waals surface area contributed by atoms with Gasteiger partial charge in [0, 0.05) is 49.1 Å². The third-order valence-corrected chi connectivity index (χ3v) is 4.55. The van der Waals surface area contributed by atoms with Gasteiger partial charge in [0.2, 0.25) is 0 Å². The second-order valence-corrected chi connectivity index (χ2v) is 6.07. The predicted octanol–water partition coefficient (Wildman–Crippen LogP) is 3.80. The first-order chi connectivity index (χ1) is 10.0. The number of benzene rings is 1. The quantitative estimate of drug-likeness (QED) is 0.853. The number of fused-ring (bicyclic) bond motifs is 1. The van der Waals surface area contributed by atoms with Crippen LogP contribution in [0.4, 0.5) is 4.39 Å². The van der Waals surface area contributed by atoms with Crippen LogP contribution in [0.15, 0.2) is 18.3 Å². The van der Waals surface area contributed by atoms with Gasteiger partial charge in [-0.15, -0.1) is 0 Å². The van der Waals surface area contributed by atoms with E-state index in [0.717, 1.165) is 36.3 Å². The van der Waals surface area contributed by atoms with Crippen molar-refractivity contribution in [2.75, 3.05) is 6.54 Å². The Hall–Kier alpha value is -1.30. The Morgan fingerprint density at radius 1 is 1.48 bits per heavy atom. The number of nitrogens with zero attached hydrogens (tertiary/aromatic N) is 2. The summed E-state index contributed by atoms with van der Waals surface area (Å²) in [5.74, 6) is -0.248. The molecule has 3 rings (SSSR count). The van der Waals surface area contributed by atoms with Gasteiger partial charge in [0.25, 0.3) is 0 Å². The van der Waals surface area contributed by atoms with Crippen molar-refractivity contribution in [3.63, 3.8) is 0 Å². The summed E-state index contributed by atoms with van der Waals surface area (Å²) in [5.41, 5.74) is 3.70. The van der Waals surface area contributed by atoms with Crippen molar-refractivity contribution in [3.05, 3.63) is 56.3 Å². The molecule has 1 N–H and O–H groups in total. The first-order valence-corrected chi connectivity index (χ1v) is 7.56. The Kier molecular flexibility index (Phi) is 4.06. The van der Waals surface area contributed by atoms with Gasteiger partial charge >= 0.3 is 0 Å². The summed E-state index contributed by atoms with van der Waals surface area (Å²) in [5, 5.41) is 0.520. The van der Waals surface area contributed by atoms with Crippen molar-refractivity contribution in [3.8, 4) is 0 Å². The minimum atomic E-state index is -0.248. The molecule has 0 bridgehead atoms. The molecule has 0 amide bonds. The molecule has 0 atom stereocenters. The smallest absolute Gasteiger partial charge is 0.196 e. The minimum absolute atomic E-state index is 0.248. The average Bonchev–Trinajstić information content (AvgIpc) is 2.48. The predicted molar refractivity (Wildman–Crippen MR) is 83.4 cm³/mol. The third-order valence-electron chi connectivity index (χ3n) is 3.82. The molecule has 2 heterocycles. The molecule has 1 aromatic heterocycles. The first-order valence-electron chi connectivity index (χ1n) is 6.77. The van der Waals surface area contributed by atoms with Crippen LogP contribution in [0.25, 0.3) is 0 Å². The number of aromatic nitrogens is 2. The molecular formula is C15H15ClFN3S. The van der Waals surface area contributed by atoms with Crippen molar-refractivity contribution in [1.29, 1.82) is 0 Å². The number of halogens is 2. The lowest BCUT2D eigenvalue weighted by atomic mass is 10.1. The number of nitrogens with one attached hydrogen (secondary N) is 1. The summed E-state index contributed by atoms with van der Waals surface area (Å²) in [6.45, 7) is 3.95. The van der Waals surface area contributed by atoms with Gasteiger partial charge < -0.3 is 4.98 Å². The van der Waals surface area contributed by atoms with Gasteiger partial charge in [0.05, 0.1) is 5.02 Å². The molecule has 3 nitrogen and oxygen atoms in total. The van der Waals surface area contributed by atoms with Crippen molar-refractivity contribution in [2.45, 2.75) is 26.4 Å². The normalized spacial score (nSPS) is 15.0. The van der Waals surface area contributed by atoms with E-state index in [9.17, 15) is 4.39 Å². The van der Waals surface area contributed by atoms with Gasteiger partial charge in [-0.25, -0.2) is 9.37 Å². The van der Waals surface area contributed by atoms with Crippen molar-refractivity contribution < 1.29 is 4.39 Å². The van der Waals surface area contributed by atoms with Crippen LogP contribution < -0.4 is 0 Å². The molecule has 0 spiro atoms. The van der Waals surface area contributed by atoms with E-state index < -0.39 is 0 Å². The summed E-state index contributed by atoms with van der Waals surface area (Å²) in [7, 11) is 0. The zero-order chi connectivity index (χ0) is 15.0. The van der Waals surface area contributed by atoms with Crippen molar-refractivity contribution in [1.82, 2.24) is 14.9 Å². The molecule has 1 aliphatic heterocycles. The van der Waals surface area contributed by atoms with Gasteiger partial charge in [-0.2, -0.15) is 0 Å². The number of aryl methyl sites for hydroxylation is 1. The summed E-state index contributed by atoms with van der Waals surface area (Å²) in [6.07, 6.45) is 2.65. The van der Waals surface area contributed by atoms with E-state index in [4.69, 9.17) is 23.8 Å². The maximum absolute atomic E-state index is 14.0. The lowest BCUT2D eigenvalue weighted by Crippen LogP contribution is -2.31. The fourth-order valence-electron chi connectivity index (χ4n) is 2.62. The molecule has 0 saturated heterocycles. The number of H-pyrrole nitrogens is 1. The third kappa shape index (κ3) is 3.00. The Morgan fingerprint density at radius 2 is 2.29 bits per heavy atom. The van der Waals surface area contributed by atoms with E-state index in [1.54, 1.807) is 12.3 Å². The van der Waals surface area contributed by atoms with Gasteiger partial charge in [-0.05, 0) is 30.8 Å². The van der Waals surface area contributed by atoms with E-state index in [2.05, 4.69) is 14.9 Å². The highest BCUT2D eigenvalue weighted by molar-refractivity contribution is 7.71. The van der Waals surface area contributed by atoms with Crippen LogP contribution in [0, 0.1) is 17.5 Å². The van der Waals surface area contributed by atoms with E-state index in [0.29, 0.717) is 21.9 Å². The Balaban J connectivity index is 1.83. The summed E-state index contributed by atoms with van der Waals surface area (Å²) in [4.78, 5) is 9.41. The molecule has 1 aromatic carbocycles. The standard InChI is InChI=1S/C15H15ClFN3S/c1-9-2-3-12(17)11(14(9)16)8-20-5-4-13-10(7-20)6-18-15(21)19-13/h2-3,6H,4-5,7-8H2,1H3,(H,18,19,21). The molecule has 0 radical (unpaired) electrons. The SMILES string of the molecule is Cc1ccc(F)c(CN2CCc3[nH]c(=S)ncc3C2)c1Cl. The maximum Gasteiger partial charge on any atom is 0.196 e. The number of aromatic amines is 1. The lowest BCUT2D eigenvalue weighted by molar-refractivity contribution is 0.239. The van der Waals surface area contributed by atoms with Crippen LogP contribution in [-0.4, -0.2) is 21.4 Å². The second kappa shape index (κ2) is 5.83. The van der Waals surface area contributed by atoms with Crippen molar-refractivity contribution in [2.24, 2.45) is 0 Å². The highest BCUT2D eigenvalue weighted by Crippen LogP contribution is 2.26. The largest absolute Gasteiger partial charge is 0.334 e. The first kappa shape index (κ1) is 14.6. The van der Waals surface area contributed by atoms with Gasteiger partial charge in [0.1, 0.15) is 5.82 Å². The molecule has 0 aliphatic carbocycles. The second-order valence-electron chi connectivity index (χ2n) is 5.31. The van der Waals surface area contributed by atoms with E-state index >= 15 is 0 Å². The number of hydrogen-bond donors (Lipinski definition) is 1. The fourth-order valence-corrected chi connectivity index (χ4v) is 3.01. The zero-order valence-corrected chi connectivity index (χ0v) is 13.2. The fraction of sp³-hybridized carbons (Fsp3) is 0.333. The van der Waals surface area contributed by atoms with Crippen LogP contribution in [0.3, 0.4) is 0 Å². The monoisotopic (exact) mass is 323 g/mol. The van der Waals surface area contributed by atoms with Crippen molar-refractivity contribution >= 4 is 23.8 Å². The van der Waals surface area contributed by atoms with Gasteiger partial charge in [0.15, 0.2) is 4.77 Å². The molecule has 0 unspecified atom stereocenters. The molecule has 2 aromatic rings. The topological polar surface area (TPSA) is 31.9 Å². The maximum atomic E-state index is 14.0. The van der Waals surface area contributed by atoms with Gasteiger partial charge in [-0.3, -0.25) is 4.90 Å². The highest BCUT2D eigenvalue weighted by atomic mass is 35.5. The number of hydrogen-bond acceptors (Lipinski definition) is 3. The molecule has 6 heteroatoms. The molecular weight excluding hydrogens is 309 g/mol. The molecule has 110 valence electrons. The van der Waals surface area contributed by atoms with E-state index in [1.165, 1.54) is 6.07 Å². The lowest BCUT2D eigenvalue weighted by Gasteiger charge is -2.28. The molecule has 21 heavy (non-hydrogen) atoms. The summed E-state index contributed by atoms with van der Waals surface area (Å²) in [6, 6.07) is 3.18. The molecule has 0 saturated carbocycles. The summed E-state index contributed by atoms with van der Waals surface area (Å²) >= 11 is 11.3. The zero-order valence-electron chi connectivity index (χ0n) is 11.6. The minimum Gasteiger partial charge on any atom is -0.334 e. The Labute approximate surface area is 132 Å². The van der Waals surface area contributed by atoms with Crippen LogP contribution in [0.5, 0.6) is 0 Å². The van der Waals surface area contributed by atoms with Crippen LogP contribution >= 0.6 is 23.8 Å². The Bertz CT molecular complexity index is 744. The van der Waals surface area contributed by atoms with E-state index in [1.807, 2.05) is 6.92 Å². The number of rotatable bonds is 2. The van der Waals surface area contributed by atoms with Crippen LogP contribution in [0.2, 0.25) is 5.02 Å². The highest BCUT2D eigenvalue weighted by Gasteiger charge is 2.20. The Morgan fingerprint density at radius 3 is 3.10 bits per heavy atom.